The van der Waals surface area contributed by atoms with Crippen LogP contribution in [0.1, 0.15) is 19.3 Å². The minimum atomic E-state index is -0.137. The number of hydrogen-bond acceptors (Lipinski definition) is 3. The fourth-order valence-corrected chi connectivity index (χ4v) is 2.11. The summed E-state index contributed by atoms with van der Waals surface area (Å²) in [5, 5.41) is 18.5. The minimum Gasteiger partial charge on any atom is -0.391 e. The van der Waals surface area contributed by atoms with Crippen LogP contribution in [0.2, 0.25) is 0 Å². The van der Waals surface area contributed by atoms with Crippen molar-refractivity contribution in [2.24, 2.45) is 0 Å². The summed E-state index contributed by atoms with van der Waals surface area (Å²) in [6.45, 7) is 1.53. The quantitative estimate of drug-likeness (QED) is 0.543. The van der Waals surface area contributed by atoms with Gasteiger partial charge in [0.15, 0.2) is 0 Å². The van der Waals surface area contributed by atoms with Gasteiger partial charge in [-0.2, -0.15) is 0 Å². The van der Waals surface area contributed by atoms with Gasteiger partial charge in [-0.05, 0) is 19.3 Å². The zero-order chi connectivity index (χ0) is 7.84. The van der Waals surface area contributed by atoms with Crippen molar-refractivity contribution in [2.75, 3.05) is 13.1 Å². The maximum absolute atomic E-state index is 9.49. The SMILES string of the molecule is OC1CN([C@@H]2CCC[C@H]2O)C1. The minimum absolute atomic E-state index is 0.136. The third-order valence-corrected chi connectivity index (χ3v) is 2.80. The summed E-state index contributed by atoms with van der Waals surface area (Å²) < 4.78 is 0. The van der Waals surface area contributed by atoms with E-state index in [4.69, 9.17) is 5.11 Å². The molecule has 0 bridgehead atoms. The summed E-state index contributed by atoms with van der Waals surface area (Å²) in [7, 11) is 0. The van der Waals surface area contributed by atoms with Crippen LogP contribution in [0.3, 0.4) is 0 Å². The van der Waals surface area contributed by atoms with E-state index in [1.165, 1.54) is 0 Å². The van der Waals surface area contributed by atoms with Crippen LogP contribution >= 0.6 is 0 Å². The molecule has 3 nitrogen and oxygen atoms in total. The monoisotopic (exact) mass is 157 g/mol. The number of β-amino-alcohol motifs (C(OH)–C–C–N with tert-alkyl or cyclic N) is 1. The molecule has 1 saturated carbocycles. The van der Waals surface area contributed by atoms with Crippen LogP contribution in [0.4, 0.5) is 0 Å². The molecule has 1 saturated heterocycles. The van der Waals surface area contributed by atoms with E-state index in [0.717, 1.165) is 32.4 Å². The standard InChI is InChI=1S/C8H15NO2/c10-6-4-9(5-6)7-2-1-3-8(7)11/h6-8,10-11H,1-5H2/t7-,8-/m1/s1. The Morgan fingerprint density at radius 3 is 2.27 bits per heavy atom. The highest BCUT2D eigenvalue weighted by molar-refractivity contribution is 4.91. The van der Waals surface area contributed by atoms with E-state index in [0.29, 0.717) is 6.04 Å². The van der Waals surface area contributed by atoms with Crippen molar-refractivity contribution in [3.63, 3.8) is 0 Å². The summed E-state index contributed by atoms with van der Waals surface area (Å²) >= 11 is 0. The van der Waals surface area contributed by atoms with Gasteiger partial charge in [-0.25, -0.2) is 0 Å². The zero-order valence-corrected chi connectivity index (χ0v) is 6.61. The van der Waals surface area contributed by atoms with Gasteiger partial charge in [-0.3, -0.25) is 4.90 Å². The molecule has 1 heterocycles. The second kappa shape index (κ2) is 2.73. The Balaban J connectivity index is 1.85. The largest absolute Gasteiger partial charge is 0.391 e. The maximum atomic E-state index is 9.49. The third kappa shape index (κ3) is 1.28. The number of aliphatic hydroxyl groups is 2. The van der Waals surface area contributed by atoms with Gasteiger partial charge in [-0.1, -0.05) is 0 Å². The van der Waals surface area contributed by atoms with Crippen molar-refractivity contribution < 1.29 is 10.2 Å². The topological polar surface area (TPSA) is 43.7 Å². The predicted molar refractivity (Wildman–Crippen MR) is 41.2 cm³/mol. The molecule has 0 aromatic carbocycles. The van der Waals surface area contributed by atoms with Gasteiger partial charge in [0.25, 0.3) is 0 Å². The number of likely N-dealkylation sites (tertiary alicyclic amines) is 1. The first-order chi connectivity index (χ1) is 5.27. The normalized spacial score (nSPS) is 40.9. The van der Waals surface area contributed by atoms with E-state index < -0.39 is 0 Å². The zero-order valence-electron chi connectivity index (χ0n) is 6.61. The smallest absolute Gasteiger partial charge is 0.0794 e. The molecular weight excluding hydrogens is 142 g/mol. The molecule has 0 aromatic rings. The molecule has 2 aliphatic rings. The molecule has 0 radical (unpaired) electrons. The summed E-state index contributed by atoms with van der Waals surface area (Å²) in [5.74, 6) is 0. The van der Waals surface area contributed by atoms with E-state index in [9.17, 15) is 5.11 Å². The van der Waals surface area contributed by atoms with E-state index in [1.807, 2.05) is 0 Å². The van der Waals surface area contributed by atoms with E-state index in [1.54, 1.807) is 0 Å². The molecule has 2 atom stereocenters. The van der Waals surface area contributed by atoms with Gasteiger partial charge in [0.1, 0.15) is 0 Å². The van der Waals surface area contributed by atoms with Crippen molar-refractivity contribution in [3.8, 4) is 0 Å². The molecule has 2 N–H and O–H groups in total. The van der Waals surface area contributed by atoms with Crippen molar-refractivity contribution >= 4 is 0 Å². The van der Waals surface area contributed by atoms with Crippen LogP contribution in [0, 0.1) is 0 Å². The number of rotatable bonds is 1. The Hall–Kier alpha value is -0.120. The van der Waals surface area contributed by atoms with E-state index >= 15 is 0 Å². The molecule has 0 amide bonds. The average molecular weight is 157 g/mol. The molecule has 0 spiro atoms. The molecule has 0 unspecified atom stereocenters. The van der Waals surface area contributed by atoms with Crippen LogP contribution in [0.25, 0.3) is 0 Å². The second-order valence-electron chi connectivity index (χ2n) is 3.67. The first kappa shape index (κ1) is 7.53. The predicted octanol–water partition coefficient (Wildman–Crippen LogP) is -0.424. The van der Waals surface area contributed by atoms with Gasteiger partial charge >= 0.3 is 0 Å². The summed E-state index contributed by atoms with van der Waals surface area (Å²) in [5.41, 5.74) is 0. The van der Waals surface area contributed by atoms with Crippen molar-refractivity contribution in [1.29, 1.82) is 0 Å². The van der Waals surface area contributed by atoms with Crippen LogP contribution in [0.15, 0.2) is 0 Å². The Morgan fingerprint density at radius 1 is 1.09 bits per heavy atom. The fourth-order valence-electron chi connectivity index (χ4n) is 2.11. The van der Waals surface area contributed by atoms with Crippen molar-refractivity contribution in [2.45, 2.75) is 37.5 Å². The van der Waals surface area contributed by atoms with Gasteiger partial charge < -0.3 is 10.2 Å². The average Bonchev–Trinajstić information content (AvgIpc) is 2.29. The lowest BCUT2D eigenvalue weighted by Gasteiger charge is -2.41. The molecule has 1 aliphatic heterocycles. The van der Waals surface area contributed by atoms with E-state index in [-0.39, 0.29) is 12.2 Å². The summed E-state index contributed by atoms with van der Waals surface area (Å²) in [4.78, 5) is 2.18. The molecule has 64 valence electrons. The maximum Gasteiger partial charge on any atom is 0.0794 e. The first-order valence-corrected chi connectivity index (χ1v) is 4.37. The highest BCUT2D eigenvalue weighted by Crippen LogP contribution is 2.27. The number of aliphatic hydroxyl groups excluding tert-OH is 2. The van der Waals surface area contributed by atoms with Gasteiger partial charge in [-0.15, -0.1) is 0 Å². The molecule has 0 aromatic heterocycles. The van der Waals surface area contributed by atoms with Crippen molar-refractivity contribution in [3.05, 3.63) is 0 Å². The van der Waals surface area contributed by atoms with Crippen LogP contribution in [-0.4, -0.2) is 46.5 Å². The van der Waals surface area contributed by atoms with Gasteiger partial charge in [0.05, 0.1) is 12.2 Å². The third-order valence-electron chi connectivity index (χ3n) is 2.80. The lowest BCUT2D eigenvalue weighted by atomic mass is 10.1. The fraction of sp³-hybridized carbons (Fsp3) is 1.00. The highest BCUT2D eigenvalue weighted by atomic mass is 16.3. The molecular formula is C8H15NO2. The Morgan fingerprint density at radius 2 is 1.82 bits per heavy atom. The number of nitrogens with zero attached hydrogens (tertiary/aromatic N) is 1. The van der Waals surface area contributed by atoms with E-state index in [2.05, 4.69) is 4.90 Å². The van der Waals surface area contributed by atoms with Crippen LogP contribution in [-0.2, 0) is 0 Å². The summed E-state index contributed by atoms with van der Waals surface area (Å²) in [6.07, 6.45) is 2.91. The van der Waals surface area contributed by atoms with Crippen molar-refractivity contribution in [1.82, 2.24) is 4.90 Å². The molecule has 2 fully saturated rings. The summed E-state index contributed by atoms with van der Waals surface area (Å²) in [6, 6.07) is 0.346. The Kier molecular flexibility index (Phi) is 1.87. The van der Waals surface area contributed by atoms with Crippen LogP contribution in [0.5, 0.6) is 0 Å². The Bertz CT molecular complexity index is 145. The lowest BCUT2D eigenvalue weighted by Crippen LogP contribution is -2.57. The molecule has 1 aliphatic carbocycles. The number of hydrogen-bond donors (Lipinski definition) is 2. The molecule has 3 heteroatoms. The second-order valence-corrected chi connectivity index (χ2v) is 3.67. The highest BCUT2D eigenvalue weighted by Gasteiger charge is 2.37. The Labute approximate surface area is 66.6 Å². The lowest BCUT2D eigenvalue weighted by molar-refractivity contribution is -0.0506. The molecule has 2 rings (SSSR count). The molecule has 11 heavy (non-hydrogen) atoms. The first-order valence-electron chi connectivity index (χ1n) is 4.37. The van der Waals surface area contributed by atoms with Gasteiger partial charge in [0.2, 0.25) is 0 Å². The van der Waals surface area contributed by atoms with Crippen LogP contribution < -0.4 is 0 Å². The van der Waals surface area contributed by atoms with Gasteiger partial charge in [0, 0.05) is 19.1 Å².